The van der Waals surface area contributed by atoms with Crippen molar-refractivity contribution in [3.05, 3.63) is 33.8 Å². The third-order valence-electron chi connectivity index (χ3n) is 2.60. The second kappa shape index (κ2) is 6.98. The third kappa shape index (κ3) is 4.84. The fourth-order valence-electron chi connectivity index (χ4n) is 1.58. The number of carbonyl (C=O) groups excluding carboxylic acids is 1. The molecule has 1 rings (SSSR count). The molecule has 2 N–H and O–H groups in total. The highest BCUT2D eigenvalue weighted by molar-refractivity contribution is 6.35. The van der Waals surface area contributed by atoms with Crippen LogP contribution in [0.25, 0.3) is 0 Å². The van der Waals surface area contributed by atoms with Gasteiger partial charge in [-0.2, -0.15) is 0 Å². The van der Waals surface area contributed by atoms with Crippen molar-refractivity contribution in [1.82, 2.24) is 5.32 Å². The van der Waals surface area contributed by atoms with Gasteiger partial charge in [0.15, 0.2) is 0 Å². The van der Waals surface area contributed by atoms with Crippen molar-refractivity contribution in [2.45, 2.75) is 38.8 Å². The summed E-state index contributed by atoms with van der Waals surface area (Å²) in [5.74, 6) is -0.102. The van der Waals surface area contributed by atoms with E-state index in [4.69, 9.17) is 28.3 Å². The lowest BCUT2D eigenvalue weighted by Gasteiger charge is -2.16. The first-order valence-electron chi connectivity index (χ1n) is 5.82. The van der Waals surface area contributed by atoms with Crippen molar-refractivity contribution < 1.29 is 9.90 Å². The van der Waals surface area contributed by atoms with Crippen molar-refractivity contribution in [3.8, 4) is 0 Å². The van der Waals surface area contributed by atoms with Crippen molar-refractivity contribution in [2.24, 2.45) is 0 Å². The first kappa shape index (κ1) is 15.3. The van der Waals surface area contributed by atoms with E-state index in [0.717, 1.165) is 5.56 Å². The first-order valence-corrected chi connectivity index (χ1v) is 6.58. The average molecular weight is 290 g/mol. The molecule has 2 unspecified atom stereocenters. The van der Waals surface area contributed by atoms with Crippen LogP contribution in [-0.2, 0) is 4.79 Å². The monoisotopic (exact) mass is 289 g/mol. The molecular formula is C13H17Cl2NO2. The smallest absolute Gasteiger partial charge is 0.220 e. The van der Waals surface area contributed by atoms with Crippen LogP contribution in [0.15, 0.2) is 18.2 Å². The van der Waals surface area contributed by atoms with Gasteiger partial charge in [-0.3, -0.25) is 4.79 Å². The maximum absolute atomic E-state index is 11.6. The number of hydrogen-bond donors (Lipinski definition) is 2. The van der Waals surface area contributed by atoms with Gasteiger partial charge in [0.05, 0.1) is 12.1 Å². The van der Waals surface area contributed by atoms with Crippen LogP contribution in [0.4, 0.5) is 0 Å². The molecule has 0 saturated carbocycles. The van der Waals surface area contributed by atoms with Crippen LogP contribution in [0, 0.1) is 0 Å². The number of nitrogens with one attached hydrogen (secondary N) is 1. The van der Waals surface area contributed by atoms with Crippen LogP contribution >= 0.6 is 23.2 Å². The molecule has 1 aromatic rings. The Morgan fingerprint density at radius 1 is 1.39 bits per heavy atom. The molecular weight excluding hydrogens is 273 g/mol. The van der Waals surface area contributed by atoms with E-state index in [9.17, 15) is 4.79 Å². The zero-order valence-electron chi connectivity index (χ0n) is 10.4. The van der Waals surface area contributed by atoms with Crippen LogP contribution < -0.4 is 5.32 Å². The molecule has 0 aliphatic heterocycles. The summed E-state index contributed by atoms with van der Waals surface area (Å²) < 4.78 is 0. The Bertz CT molecular complexity index is 421. The van der Waals surface area contributed by atoms with Gasteiger partial charge in [0.2, 0.25) is 5.91 Å². The summed E-state index contributed by atoms with van der Waals surface area (Å²) in [5, 5.41) is 13.0. The van der Waals surface area contributed by atoms with Crippen LogP contribution in [-0.4, -0.2) is 17.1 Å². The number of aliphatic hydroxyl groups is 1. The van der Waals surface area contributed by atoms with E-state index in [2.05, 4.69) is 5.32 Å². The highest BCUT2D eigenvalue weighted by Gasteiger charge is 2.13. The summed E-state index contributed by atoms with van der Waals surface area (Å²) in [6, 6.07) is 5.00. The molecule has 0 aliphatic carbocycles. The molecule has 0 bridgehead atoms. The Morgan fingerprint density at radius 3 is 2.61 bits per heavy atom. The van der Waals surface area contributed by atoms with Gasteiger partial charge in [0.25, 0.3) is 0 Å². The Labute approximate surface area is 117 Å². The molecule has 3 nitrogen and oxygen atoms in total. The lowest BCUT2D eigenvalue weighted by Crippen LogP contribution is -2.27. The predicted molar refractivity (Wildman–Crippen MR) is 73.9 cm³/mol. The summed E-state index contributed by atoms with van der Waals surface area (Å²) in [6.45, 7) is 3.52. The van der Waals surface area contributed by atoms with Gasteiger partial charge >= 0.3 is 0 Å². The van der Waals surface area contributed by atoms with Gasteiger partial charge in [-0.25, -0.2) is 0 Å². The maximum Gasteiger partial charge on any atom is 0.220 e. The Balaban J connectivity index is 2.59. The fourth-order valence-corrected chi connectivity index (χ4v) is 2.16. The summed E-state index contributed by atoms with van der Waals surface area (Å²) in [5.41, 5.74) is 0.825. The van der Waals surface area contributed by atoms with Gasteiger partial charge in [-0.1, -0.05) is 29.3 Å². The average Bonchev–Trinajstić information content (AvgIpc) is 2.26. The fraction of sp³-hybridized carbons (Fsp3) is 0.462. The number of hydrogen-bond acceptors (Lipinski definition) is 2. The zero-order valence-corrected chi connectivity index (χ0v) is 11.9. The summed E-state index contributed by atoms with van der Waals surface area (Å²) in [6.07, 6.45) is 0.283. The molecule has 5 heteroatoms. The van der Waals surface area contributed by atoms with Crippen molar-refractivity contribution in [3.63, 3.8) is 0 Å². The Kier molecular flexibility index (Phi) is 5.93. The number of aliphatic hydroxyl groups excluding tert-OH is 1. The molecule has 0 fully saturated rings. The minimum Gasteiger partial charge on any atom is -0.393 e. The number of halogens is 2. The quantitative estimate of drug-likeness (QED) is 0.874. The van der Waals surface area contributed by atoms with Crippen LogP contribution in [0.1, 0.15) is 38.3 Å². The minimum atomic E-state index is -0.467. The van der Waals surface area contributed by atoms with Crippen LogP contribution in [0.2, 0.25) is 10.0 Å². The molecule has 1 amide bonds. The second-order valence-electron chi connectivity index (χ2n) is 4.34. The molecule has 0 saturated heterocycles. The Hall–Kier alpha value is -0.770. The largest absolute Gasteiger partial charge is 0.393 e. The Morgan fingerprint density at radius 2 is 2.06 bits per heavy atom. The van der Waals surface area contributed by atoms with E-state index in [1.54, 1.807) is 25.1 Å². The molecule has 18 heavy (non-hydrogen) atoms. The van der Waals surface area contributed by atoms with Crippen molar-refractivity contribution >= 4 is 29.1 Å². The van der Waals surface area contributed by atoms with Gasteiger partial charge in [0.1, 0.15) is 0 Å². The summed E-state index contributed by atoms with van der Waals surface area (Å²) in [7, 11) is 0. The van der Waals surface area contributed by atoms with Crippen molar-refractivity contribution in [2.75, 3.05) is 0 Å². The summed E-state index contributed by atoms with van der Waals surface area (Å²) >= 11 is 11.9. The van der Waals surface area contributed by atoms with Gasteiger partial charge in [-0.15, -0.1) is 0 Å². The second-order valence-corrected chi connectivity index (χ2v) is 5.19. The molecule has 0 aromatic heterocycles. The minimum absolute atomic E-state index is 0.102. The van der Waals surface area contributed by atoms with Gasteiger partial charge < -0.3 is 10.4 Å². The molecule has 0 heterocycles. The highest BCUT2D eigenvalue weighted by atomic mass is 35.5. The van der Waals surface area contributed by atoms with E-state index in [1.807, 2.05) is 6.92 Å². The van der Waals surface area contributed by atoms with Gasteiger partial charge in [0, 0.05) is 16.5 Å². The van der Waals surface area contributed by atoms with E-state index < -0.39 is 6.10 Å². The number of amides is 1. The van der Waals surface area contributed by atoms with Crippen LogP contribution in [0.5, 0.6) is 0 Å². The SMILES string of the molecule is CC(O)CCC(=O)NC(C)c1ccc(Cl)cc1Cl. The molecule has 100 valence electrons. The lowest BCUT2D eigenvalue weighted by molar-refractivity contribution is -0.122. The van der Waals surface area contributed by atoms with E-state index >= 15 is 0 Å². The van der Waals surface area contributed by atoms with Gasteiger partial charge in [-0.05, 0) is 38.0 Å². The van der Waals surface area contributed by atoms with E-state index in [-0.39, 0.29) is 11.9 Å². The molecule has 0 aliphatic rings. The third-order valence-corrected chi connectivity index (χ3v) is 3.16. The van der Waals surface area contributed by atoms with Crippen molar-refractivity contribution in [1.29, 1.82) is 0 Å². The topological polar surface area (TPSA) is 49.3 Å². The number of rotatable bonds is 5. The molecule has 0 radical (unpaired) electrons. The standard InChI is InChI=1S/C13H17Cl2NO2/c1-8(17)3-6-13(18)16-9(2)11-5-4-10(14)7-12(11)15/h4-5,7-9,17H,3,6H2,1-2H3,(H,16,18). The maximum atomic E-state index is 11.6. The highest BCUT2D eigenvalue weighted by Crippen LogP contribution is 2.26. The molecule has 0 spiro atoms. The lowest BCUT2D eigenvalue weighted by atomic mass is 10.1. The first-order chi connectivity index (χ1) is 8.40. The molecule has 2 atom stereocenters. The van der Waals surface area contributed by atoms with Crippen LogP contribution in [0.3, 0.4) is 0 Å². The van der Waals surface area contributed by atoms with E-state index in [0.29, 0.717) is 22.9 Å². The predicted octanol–water partition coefficient (Wildman–Crippen LogP) is 3.33. The zero-order chi connectivity index (χ0) is 13.7. The van der Waals surface area contributed by atoms with E-state index in [1.165, 1.54) is 0 Å². The number of benzene rings is 1. The molecule has 1 aromatic carbocycles. The summed E-state index contributed by atoms with van der Waals surface area (Å²) in [4.78, 5) is 11.6. The number of carbonyl (C=O) groups is 1. The normalized spacial score (nSPS) is 14.1.